The van der Waals surface area contributed by atoms with Gasteiger partial charge in [-0.05, 0) is 36.0 Å². The van der Waals surface area contributed by atoms with Crippen molar-refractivity contribution in [2.75, 3.05) is 18.4 Å². The minimum atomic E-state index is -0.197. The topological polar surface area (TPSA) is 58.1 Å². The van der Waals surface area contributed by atoms with Gasteiger partial charge in [0.05, 0.1) is 6.54 Å². The van der Waals surface area contributed by atoms with Crippen molar-refractivity contribution in [3.63, 3.8) is 0 Å². The molecular formula is C20H30N4OS. The Labute approximate surface area is 160 Å². The number of aromatic nitrogens is 2. The van der Waals surface area contributed by atoms with Crippen LogP contribution in [0.25, 0.3) is 0 Å². The normalized spacial score (nSPS) is 11.5. The van der Waals surface area contributed by atoms with Crippen molar-refractivity contribution in [3.8, 4) is 0 Å². The predicted octanol–water partition coefficient (Wildman–Crippen LogP) is 4.47. The smallest absolute Gasteiger partial charge is 0.286 e. The van der Waals surface area contributed by atoms with Crippen molar-refractivity contribution >= 4 is 22.9 Å². The number of nitrogens with zero attached hydrogens (tertiary/aromatic N) is 3. The summed E-state index contributed by atoms with van der Waals surface area (Å²) in [6.07, 6.45) is 0.983. The van der Waals surface area contributed by atoms with E-state index in [0.717, 1.165) is 36.8 Å². The summed E-state index contributed by atoms with van der Waals surface area (Å²) in [5.41, 5.74) is 2.03. The van der Waals surface area contributed by atoms with Crippen LogP contribution in [0, 0.1) is 11.8 Å². The van der Waals surface area contributed by atoms with Gasteiger partial charge < -0.3 is 5.32 Å². The Morgan fingerprint density at radius 2 is 1.69 bits per heavy atom. The fraction of sp³-hybridized carbons (Fsp3) is 0.550. The SMILES string of the molecule is CCc1ccc(NC(=O)c2nnc(CN(CC(C)C)CC(C)C)s2)cc1. The van der Waals surface area contributed by atoms with Gasteiger partial charge in [-0.3, -0.25) is 9.69 Å². The Balaban J connectivity index is 1.99. The standard InChI is InChI=1S/C20H30N4OS/c1-6-16-7-9-17(10-8-16)21-19(25)20-23-22-18(26-20)13-24(11-14(2)3)12-15(4)5/h7-10,14-15H,6,11-13H2,1-5H3,(H,21,25). The zero-order valence-electron chi connectivity index (χ0n) is 16.5. The van der Waals surface area contributed by atoms with Crippen LogP contribution in [0.2, 0.25) is 0 Å². The molecule has 26 heavy (non-hydrogen) atoms. The largest absolute Gasteiger partial charge is 0.320 e. The molecule has 1 amide bonds. The molecular weight excluding hydrogens is 344 g/mol. The molecule has 2 rings (SSSR count). The third kappa shape index (κ3) is 6.50. The summed E-state index contributed by atoms with van der Waals surface area (Å²) in [5.74, 6) is 0.989. The first-order chi connectivity index (χ1) is 12.4. The molecule has 0 aliphatic rings. The maximum atomic E-state index is 12.4. The number of hydrogen-bond donors (Lipinski definition) is 1. The first-order valence-electron chi connectivity index (χ1n) is 9.32. The summed E-state index contributed by atoms with van der Waals surface area (Å²) in [7, 11) is 0. The second-order valence-corrected chi connectivity index (χ2v) is 8.55. The number of carbonyl (C=O) groups excluding carboxylic acids is 1. The molecule has 1 aromatic heterocycles. The van der Waals surface area contributed by atoms with E-state index in [1.54, 1.807) is 0 Å². The van der Waals surface area contributed by atoms with Crippen molar-refractivity contribution in [1.82, 2.24) is 15.1 Å². The molecule has 1 aromatic carbocycles. The monoisotopic (exact) mass is 374 g/mol. The van der Waals surface area contributed by atoms with Gasteiger partial charge in [0.15, 0.2) is 0 Å². The maximum absolute atomic E-state index is 12.4. The molecule has 0 unspecified atom stereocenters. The molecule has 1 N–H and O–H groups in total. The molecule has 0 saturated carbocycles. The van der Waals surface area contributed by atoms with E-state index >= 15 is 0 Å². The summed E-state index contributed by atoms with van der Waals surface area (Å²) in [6.45, 7) is 13.8. The number of amides is 1. The van der Waals surface area contributed by atoms with E-state index in [1.165, 1.54) is 16.9 Å². The maximum Gasteiger partial charge on any atom is 0.286 e. The van der Waals surface area contributed by atoms with Crippen molar-refractivity contribution in [1.29, 1.82) is 0 Å². The van der Waals surface area contributed by atoms with E-state index in [9.17, 15) is 4.79 Å². The van der Waals surface area contributed by atoms with Crippen LogP contribution in [-0.2, 0) is 13.0 Å². The van der Waals surface area contributed by atoms with Crippen LogP contribution in [0.5, 0.6) is 0 Å². The summed E-state index contributed by atoms with van der Waals surface area (Å²) in [6, 6.07) is 7.89. The summed E-state index contributed by atoms with van der Waals surface area (Å²) in [5, 5.41) is 12.5. The zero-order chi connectivity index (χ0) is 19.1. The highest BCUT2D eigenvalue weighted by Gasteiger charge is 2.16. The molecule has 5 nitrogen and oxygen atoms in total. The Bertz CT molecular complexity index is 684. The average molecular weight is 375 g/mol. The van der Waals surface area contributed by atoms with E-state index < -0.39 is 0 Å². The molecule has 2 aromatic rings. The Hall–Kier alpha value is -1.79. The second-order valence-electron chi connectivity index (χ2n) is 7.49. The van der Waals surface area contributed by atoms with Crippen LogP contribution in [-0.4, -0.2) is 34.1 Å². The van der Waals surface area contributed by atoms with E-state index in [0.29, 0.717) is 16.8 Å². The van der Waals surface area contributed by atoms with Gasteiger partial charge in [0.1, 0.15) is 5.01 Å². The van der Waals surface area contributed by atoms with Crippen molar-refractivity contribution in [2.24, 2.45) is 11.8 Å². The molecule has 0 aliphatic heterocycles. The van der Waals surface area contributed by atoms with Gasteiger partial charge in [0, 0.05) is 18.8 Å². The van der Waals surface area contributed by atoms with E-state index in [1.807, 2.05) is 24.3 Å². The number of carbonyl (C=O) groups is 1. The Morgan fingerprint density at radius 1 is 1.08 bits per heavy atom. The van der Waals surface area contributed by atoms with Crippen molar-refractivity contribution < 1.29 is 4.79 Å². The lowest BCUT2D eigenvalue weighted by atomic mass is 10.1. The quantitative estimate of drug-likeness (QED) is 0.704. The molecule has 142 valence electrons. The van der Waals surface area contributed by atoms with Crippen LogP contribution in [0.4, 0.5) is 5.69 Å². The van der Waals surface area contributed by atoms with Gasteiger partial charge in [0.2, 0.25) is 5.01 Å². The van der Waals surface area contributed by atoms with Crippen LogP contribution in [0.15, 0.2) is 24.3 Å². The Morgan fingerprint density at radius 3 is 2.23 bits per heavy atom. The number of benzene rings is 1. The highest BCUT2D eigenvalue weighted by atomic mass is 32.1. The first-order valence-corrected chi connectivity index (χ1v) is 10.1. The van der Waals surface area contributed by atoms with Gasteiger partial charge in [-0.1, -0.05) is 58.1 Å². The Kier molecular flexibility index (Phi) is 7.72. The number of aryl methyl sites for hydroxylation is 1. The average Bonchev–Trinajstić information content (AvgIpc) is 3.03. The molecule has 0 spiro atoms. The van der Waals surface area contributed by atoms with Gasteiger partial charge in [-0.2, -0.15) is 0 Å². The van der Waals surface area contributed by atoms with E-state index in [4.69, 9.17) is 0 Å². The third-order valence-electron chi connectivity index (χ3n) is 3.89. The third-order valence-corrected chi connectivity index (χ3v) is 4.79. The number of rotatable bonds is 9. The summed E-state index contributed by atoms with van der Waals surface area (Å²) in [4.78, 5) is 14.8. The fourth-order valence-electron chi connectivity index (χ4n) is 2.85. The molecule has 0 radical (unpaired) electrons. The van der Waals surface area contributed by atoms with Gasteiger partial charge >= 0.3 is 0 Å². The van der Waals surface area contributed by atoms with Crippen LogP contribution in [0.1, 0.15) is 55.0 Å². The summed E-state index contributed by atoms with van der Waals surface area (Å²) >= 11 is 1.37. The van der Waals surface area contributed by atoms with Gasteiger partial charge in [-0.15, -0.1) is 10.2 Å². The molecule has 1 heterocycles. The molecule has 0 atom stereocenters. The highest BCUT2D eigenvalue weighted by Crippen LogP contribution is 2.17. The van der Waals surface area contributed by atoms with Crippen LogP contribution < -0.4 is 5.32 Å². The van der Waals surface area contributed by atoms with Crippen molar-refractivity contribution in [3.05, 3.63) is 39.8 Å². The predicted molar refractivity (Wildman–Crippen MR) is 109 cm³/mol. The minimum Gasteiger partial charge on any atom is -0.320 e. The molecule has 0 saturated heterocycles. The molecule has 0 aliphatic carbocycles. The minimum absolute atomic E-state index is 0.197. The summed E-state index contributed by atoms with van der Waals surface area (Å²) < 4.78 is 0. The van der Waals surface area contributed by atoms with E-state index in [2.05, 4.69) is 55.0 Å². The fourth-order valence-corrected chi connectivity index (χ4v) is 3.62. The highest BCUT2D eigenvalue weighted by molar-refractivity contribution is 7.13. The van der Waals surface area contributed by atoms with Gasteiger partial charge in [-0.25, -0.2) is 0 Å². The molecule has 0 bridgehead atoms. The van der Waals surface area contributed by atoms with Crippen molar-refractivity contribution in [2.45, 2.75) is 47.6 Å². The first kappa shape index (κ1) is 20.5. The number of anilines is 1. The number of nitrogens with one attached hydrogen (secondary N) is 1. The zero-order valence-corrected chi connectivity index (χ0v) is 17.3. The lowest BCUT2D eigenvalue weighted by Crippen LogP contribution is -2.30. The van der Waals surface area contributed by atoms with E-state index in [-0.39, 0.29) is 5.91 Å². The van der Waals surface area contributed by atoms with Crippen LogP contribution >= 0.6 is 11.3 Å². The number of hydrogen-bond acceptors (Lipinski definition) is 5. The lowest BCUT2D eigenvalue weighted by Gasteiger charge is -2.24. The van der Waals surface area contributed by atoms with Crippen LogP contribution in [0.3, 0.4) is 0 Å². The lowest BCUT2D eigenvalue weighted by molar-refractivity contribution is 0.102. The molecule has 6 heteroatoms. The second kappa shape index (κ2) is 9.78. The van der Waals surface area contributed by atoms with Gasteiger partial charge in [0.25, 0.3) is 5.91 Å². The molecule has 0 fully saturated rings.